The molecule has 1 atom stereocenters. The van der Waals surface area contributed by atoms with Crippen LogP contribution in [0.3, 0.4) is 0 Å². The van der Waals surface area contributed by atoms with Crippen LogP contribution < -0.4 is 10.1 Å². The number of ether oxygens (including phenoxy) is 1. The van der Waals surface area contributed by atoms with E-state index in [-0.39, 0.29) is 12.3 Å². The van der Waals surface area contributed by atoms with Crippen LogP contribution in [0.25, 0.3) is 11.5 Å². The molecule has 0 fully saturated rings. The lowest BCUT2D eigenvalue weighted by Crippen LogP contribution is -2.33. The van der Waals surface area contributed by atoms with E-state index < -0.39 is 12.0 Å². The lowest BCUT2D eigenvalue weighted by molar-refractivity contribution is -0.137. The average molecular weight is 514 g/mol. The molecule has 0 spiro atoms. The van der Waals surface area contributed by atoms with Crippen LogP contribution in [-0.2, 0) is 17.6 Å². The number of hydrogen-bond donors (Lipinski definition) is 2. The first kappa shape index (κ1) is 26.5. The van der Waals surface area contributed by atoms with E-state index in [0.29, 0.717) is 35.9 Å². The van der Waals surface area contributed by atoms with Crippen LogP contribution in [0.15, 0.2) is 83.3 Å². The average Bonchev–Trinajstić information content (AvgIpc) is 3.29. The molecule has 0 radical (unpaired) electrons. The van der Waals surface area contributed by atoms with E-state index in [1.807, 2.05) is 61.5 Å². The second kappa shape index (κ2) is 12.1. The van der Waals surface area contributed by atoms with Crippen molar-refractivity contribution in [2.75, 3.05) is 26.0 Å². The molecule has 1 aromatic heterocycles. The molecule has 8 heteroatoms. The highest BCUT2D eigenvalue weighted by atomic mass is 16.5. The lowest BCUT2D eigenvalue weighted by Gasteiger charge is -2.20. The van der Waals surface area contributed by atoms with Gasteiger partial charge in [-0.25, -0.2) is 9.78 Å². The zero-order valence-electron chi connectivity index (χ0n) is 21.7. The molecule has 38 heavy (non-hydrogen) atoms. The molecule has 8 nitrogen and oxygen atoms in total. The van der Waals surface area contributed by atoms with Crippen LogP contribution in [0.4, 0.5) is 5.69 Å². The number of carboxylic acids is 1. The molecule has 2 N–H and O–H groups in total. The summed E-state index contributed by atoms with van der Waals surface area (Å²) in [5, 5.41) is 12.8. The van der Waals surface area contributed by atoms with Gasteiger partial charge in [0.25, 0.3) is 5.91 Å². The van der Waals surface area contributed by atoms with Crippen LogP contribution in [0.1, 0.15) is 27.4 Å². The van der Waals surface area contributed by atoms with Gasteiger partial charge in [0.15, 0.2) is 0 Å². The molecule has 0 aliphatic carbocycles. The standard InChI is InChI=1S/C30H31N3O5/c1-20-25(32-28(38-20)22-9-5-4-6-10-22)17-18-37-23-15-13-21(14-16-23)19-27(30(35)36)31-26-12-8-7-11-24(26)29(34)33(2)3/h4-16,27,31H,17-19H2,1-3H3,(H,35,36). The van der Waals surface area contributed by atoms with Crippen molar-refractivity contribution in [3.05, 3.63) is 101 Å². The van der Waals surface area contributed by atoms with Crippen molar-refractivity contribution in [1.82, 2.24) is 9.88 Å². The predicted molar refractivity (Wildman–Crippen MR) is 146 cm³/mol. The Morgan fingerprint density at radius 2 is 1.68 bits per heavy atom. The summed E-state index contributed by atoms with van der Waals surface area (Å²) in [4.78, 5) is 30.5. The summed E-state index contributed by atoms with van der Waals surface area (Å²) in [6.07, 6.45) is 0.834. The number of oxazole rings is 1. The lowest BCUT2D eigenvalue weighted by atomic mass is 10.0. The minimum Gasteiger partial charge on any atom is -0.493 e. The number of nitrogens with zero attached hydrogens (tertiary/aromatic N) is 2. The minimum atomic E-state index is -1.00. The van der Waals surface area contributed by atoms with Gasteiger partial charge in [-0.1, -0.05) is 42.5 Å². The van der Waals surface area contributed by atoms with E-state index in [4.69, 9.17) is 9.15 Å². The number of carboxylic acid groups (broad SMARTS) is 1. The Hall–Kier alpha value is -4.59. The van der Waals surface area contributed by atoms with E-state index in [1.165, 1.54) is 4.90 Å². The Morgan fingerprint density at radius 3 is 2.37 bits per heavy atom. The largest absolute Gasteiger partial charge is 0.493 e. The molecule has 3 aromatic carbocycles. The number of rotatable bonds is 11. The number of benzene rings is 3. The summed E-state index contributed by atoms with van der Waals surface area (Å²) >= 11 is 0. The Kier molecular flexibility index (Phi) is 8.43. The molecule has 196 valence electrons. The number of carbonyl (C=O) groups is 2. The summed E-state index contributed by atoms with van der Waals surface area (Å²) in [7, 11) is 3.32. The molecule has 4 aromatic rings. The third-order valence-electron chi connectivity index (χ3n) is 6.08. The molecule has 0 aliphatic rings. The smallest absolute Gasteiger partial charge is 0.326 e. The van der Waals surface area contributed by atoms with Gasteiger partial charge in [0.1, 0.15) is 17.6 Å². The van der Waals surface area contributed by atoms with Crippen molar-refractivity contribution >= 4 is 17.6 Å². The van der Waals surface area contributed by atoms with Gasteiger partial charge in [0.2, 0.25) is 5.89 Å². The number of aryl methyl sites for hydroxylation is 1. The molecule has 0 bridgehead atoms. The maximum atomic E-state index is 12.5. The molecule has 0 aliphatic heterocycles. The molecule has 0 saturated carbocycles. The summed E-state index contributed by atoms with van der Waals surface area (Å²) in [5.74, 6) is 0.840. The Labute approximate surface area is 221 Å². The van der Waals surface area contributed by atoms with Gasteiger partial charge in [-0.3, -0.25) is 4.79 Å². The van der Waals surface area contributed by atoms with Crippen LogP contribution in [0.5, 0.6) is 5.75 Å². The van der Waals surface area contributed by atoms with Crippen LogP contribution in [0.2, 0.25) is 0 Å². The molecule has 1 amide bonds. The van der Waals surface area contributed by atoms with Crippen molar-refractivity contribution in [3.63, 3.8) is 0 Å². The second-order valence-corrected chi connectivity index (χ2v) is 9.11. The number of amides is 1. The van der Waals surface area contributed by atoms with Gasteiger partial charge in [-0.2, -0.15) is 0 Å². The van der Waals surface area contributed by atoms with E-state index >= 15 is 0 Å². The molecule has 1 unspecified atom stereocenters. The van der Waals surface area contributed by atoms with Crippen molar-refractivity contribution in [2.45, 2.75) is 25.8 Å². The van der Waals surface area contributed by atoms with E-state index in [2.05, 4.69) is 10.3 Å². The van der Waals surface area contributed by atoms with E-state index in [9.17, 15) is 14.7 Å². The normalized spacial score (nSPS) is 11.6. The number of hydrogen-bond acceptors (Lipinski definition) is 6. The van der Waals surface area contributed by atoms with E-state index in [1.54, 1.807) is 38.4 Å². The quantitative estimate of drug-likeness (QED) is 0.288. The summed E-state index contributed by atoms with van der Waals surface area (Å²) in [6, 6.07) is 23.1. The third-order valence-corrected chi connectivity index (χ3v) is 6.08. The maximum absolute atomic E-state index is 12.5. The number of aromatic nitrogens is 1. The van der Waals surface area contributed by atoms with Crippen molar-refractivity contribution in [2.24, 2.45) is 0 Å². The monoisotopic (exact) mass is 513 g/mol. The molecular weight excluding hydrogens is 482 g/mol. The van der Waals surface area contributed by atoms with Gasteiger partial charge in [0, 0.05) is 38.2 Å². The van der Waals surface area contributed by atoms with Gasteiger partial charge >= 0.3 is 5.97 Å². The second-order valence-electron chi connectivity index (χ2n) is 9.11. The van der Waals surface area contributed by atoms with Gasteiger partial charge in [0.05, 0.1) is 17.9 Å². The Balaban J connectivity index is 1.35. The SMILES string of the molecule is Cc1oc(-c2ccccc2)nc1CCOc1ccc(CC(Nc2ccccc2C(=O)N(C)C)C(=O)O)cc1. The minimum absolute atomic E-state index is 0.198. The first-order valence-electron chi connectivity index (χ1n) is 12.4. The van der Waals surface area contributed by atoms with Crippen LogP contribution in [-0.4, -0.2) is 53.6 Å². The number of aliphatic carboxylic acids is 1. The van der Waals surface area contributed by atoms with Gasteiger partial charge in [-0.15, -0.1) is 0 Å². The zero-order valence-corrected chi connectivity index (χ0v) is 21.7. The highest BCUT2D eigenvalue weighted by Gasteiger charge is 2.21. The first-order valence-corrected chi connectivity index (χ1v) is 12.4. The highest BCUT2D eigenvalue weighted by molar-refractivity contribution is 5.99. The van der Waals surface area contributed by atoms with Crippen LogP contribution >= 0.6 is 0 Å². The number of nitrogens with one attached hydrogen (secondary N) is 1. The molecule has 0 saturated heterocycles. The fourth-order valence-electron chi connectivity index (χ4n) is 4.01. The summed E-state index contributed by atoms with van der Waals surface area (Å²) in [6.45, 7) is 2.32. The number of anilines is 1. The fourth-order valence-corrected chi connectivity index (χ4v) is 4.01. The summed E-state index contributed by atoms with van der Waals surface area (Å²) < 4.78 is 11.7. The number of carbonyl (C=O) groups excluding carboxylic acids is 1. The first-order chi connectivity index (χ1) is 18.3. The maximum Gasteiger partial charge on any atom is 0.326 e. The molecule has 4 rings (SSSR count). The third kappa shape index (κ3) is 6.59. The molecular formula is C30H31N3O5. The summed E-state index contributed by atoms with van der Waals surface area (Å²) in [5.41, 5.74) is 3.51. The zero-order chi connectivity index (χ0) is 27.1. The molecule has 1 heterocycles. The number of para-hydroxylation sites is 1. The van der Waals surface area contributed by atoms with Gasteiger partial charge < -0.3 is 24.5 Å². The Morgan fingerprint density at radius 1 is 1.00 bits per heavy atom. The highest BCUT2D eigenvalue weighted by Crippen LogP contribution is 2.23. The Bertz CT molecular complexity index is 1380. The van der Waals surface area contributed by atoms with Crippen molar-refractivity contribution < 1.29 is 23.8 Å². The van der Waals surface area contributed by atoms with Crippen molar-refractivity contribution in [1.29, 1.82) is 0 Å². The van der Waals surface area contributed by atoms with Gasteiger partial charge in [-0.05, 0) is 48.9 Å². The van der Waals surface area contributed by atoms with E-state index in [0.717, 1.165) is 22.6 Å². The topological polar surface area (TPSA) is 105 Å². The predicted octanol–water partition coefficient (Wildman–Crippen LogP) is 5.08. The van der Waals surface area contributed by atoms with Crippen molar-refractivity contribution in [3.8, 4) is 17.2 Å². The fraction of sp³-hybridized carbons (Fsp3) is 0.233. The van der Waals surface area contributed by atoms with Crippen LogP contribution in [0, 0.1) is 6.92 Å².